The first kappa shape index (κ1) is 18.3. The van der Waals surface area contributed by atoms with Crippen molar-refractivity contribution in [2.45, 2.75) is 103 Å². The van der Waals surface area contributed by atoms with Crippen molar-refractivity contribution in [2.24, 2.45) is 23.2 Å². The Morgan fingerprint density at radius 2 is 1.25 bits per heavy atom. The lowest BCUT2D eigenvalue weighted by molar-refractivity contribution is -0.171. The summed E-state index contributed by atoms with van der Waals surface area (Å²) < 4.78 is 5.75. The number of ether oxygens (including phenoxy) is 1. The maximum Gasteiger partial charge on any atom is 0.312 e. The number of carbonyl (C=O) groups excluding carboxylic acids is 1. The largest absolute Gasteiger partial charge is 0.465 e. The van der Waals surface area contributed by atoms with Gasteiger partial charge in [0, 0.05) is 0 Å². The van der Waals surface area contributed by atoms with Gasteiger partial charge in [-0.1, -0.05) is 58.3 Å². The van der Waals surface area contributed by atoms with E-state index in [-0.39, 0.29) is 11.4 Å². The number of unbranched alkanes of at least 4 members (excludes halogenated alkanes) is 8. The Kier molecular flexibility index (Phi) is 6.63. The Labute approximate surface area is 149 Å². The van der Waals surface area contributed by atoms with Crippen molar-refractivity contribution in [3.05, 3.63) is 0 Å². The van der Waals surface area contributed by atoms with Crippen LogP contribution in [-0.4, -0.2) is 12.6 Å². The van der Waals surface area contributed by atoms with Gasteiger partial charge < -0.3 is 4.74 Å². The molecule has 4 fully saturated rings. The molecule has 0 aromatic carbocycles. The minimum absolute atomic E-state index is 0.0615. The van der Waals surface area contributed by atoms with Crippen LogP contribution in [0.4, 0.5) is 0 Å². The molecule has 0 spiro atoms. The standard InChI is InChI=1S/C22H38O2/c1-2-3-4-5-6-7-8-9-10-11-24-21(23)22-15-18-12-19(16-22)14-20(13-18)17-22/h18-20H,2-17H2,1H3. The van der Waals surface area contributed by atoms with Gasteiger partial charge in [0.15, 0.2) is 0 Å². The first-order valence-corrected chi connectivity index (χ1v) is 10.9. The first-order valence-electron chi connectivity index (χ1n) is 10.9. The molecule has 0 amide bonds. The van der Waals surface area contributed by atoms with Gasteiger partial charge >= 0.3 is 5.97 Å². The van der Waals surface area contributed by atoms with Gasteiger partial charge in [-0.05, 0) is 62.7 Å². The van der Waals surface area contributed by atoms with Crippen LogP contribution in [-0.2, 0) is 9.53 Å². The van der Waals surface area contributed by atoms with Crippen LogP contribution in [0.5, 0.6) is 0 Å². The lowest BCUT2D eigenvalue weighted by Crippen LogP contribution is -2.50. The molecule has 0 heterocycles. The van der Waals surface area contributed by atoms with Gasteiger partial charge in [0.2, 0.25) is 0 Å². The summed E-state index contributed by atoms with van der Waals surface area (Å²) in [5.74, 6) is 2.66. The maximum atomic E-state index is 12.7. The molecule has 0 unspecified atom stereocenters. The quantitative estimate of drug-likeness (QED) is 0.328. The highest BCUT2D eigenvalue weighted by molar-refractivity contribution is 5.77. The van der Waals surface area contributed by atoms with E-state index in [2.05, 4.69) is 6.92 Å². The Morgan fingerprint density at radius 1 is 0.792 bits per heavy atom. The summed E-state index contributed by atoms with van der Waals surface area (Å²) in [6.45, 7) is 2.93. The maximum absolute atomic E-state index is 12.7. The van der Waals surface area contributed by atoms with Crippen molar-refractivity contribution in [3.63, 3.8) is 0 Å². The van der Waals surface area contributed by atoms with Crippen molar-refractivity contribution in [3.8, 4) is 0 Å². The summed E-state index contributed by atoms with van der Waals surface area (Å²) in [6, 6.07) is 0. The van der Waals surface area contributed by atoms with Gasteiger partial charge in [0.1, 0.15) is 0 Å². The van der Waals surface area contributed by atoms with Crippen molar-refractivity contribution < 1.29 is 9.53 Å². The van der Waals surface area contributed by atoms with Crippen LogP contribution in [0.25, 0.3) is 0 Å². The second-order valence-electron chi connectivity index (χ2n) is 9.16. The molecule has 24 heavy (non-hydrogen) atoms. The van der Waals surface area contributed by atoms with Crippen LogP contribution in [0.1, 0.15) is 103 Å². The number of hydrogen-bond acceptors (Lipinski definition) is 2. The smallest absolute Gasteiger partial charge is 0.312 e. The summed E-state index contributed by atoms with van der Waals surface area (Å²) in [5.41, 5.74) is -0.0615. The Hall–Kier alpha value is -0.530. The highest BCUT2D eigenvalue weighted by atomic mass is 16.5. The molecule has 0 aromatic heterocycles. The number of esters is 1. The number of hydrogen-bond donors (Lipinski definition) is 0. The average Bonchev–Trinajstić information content (AvgIpc) is 2.55. The zero-order valence-corrected chi connectivity index (χ0v) is 15.9. The van der Waals surface area contributed by atoms with E-state index in [0.717, 1.165) is 43.4 Å². The normalized spacial score (nSPS) is 33.8. The third-order valence-corrected chi connectivity index (χ3v) is 6.95. The van der Waals surface area contributed by atoms with Crippen molar-refractivity contribution in [1.29, 1.82) is 0 Å². The fourth-order valence-corrected chi connectivity index (χ4v) is 6.09. The van der Waals surface area contributed by atoms with E-state index >= 15 is 0 Å². The summed E-state index contributed by atoms with van der Waals surface area (Å²) in [6.07, 6.45) is 19.4. The third-order valence-electron chi connectivity index (χ3n) is 6.95. The average molecular weight is 335 g/mol. The van der Waals surface area contributed by atoms with Gasteiger partial charge in [-0.25, -0.2) is 0 Å². The minimum Gasteiger partial charge on any atom is -0.465 e. The van der Waals surface area contributed by atoms with Crippen LogP contribution in [0.15, 0.2) is 0 Å². The molecule has 0 N–H and O–H groups in total. The molecule has 2 nitrogen and oxygen atoms in total. The highest BCUT2D eigenvalue weighted by Gasteiger charge is 2.55. The molecular weight excluding hydrogens is 296 g/mol. The van der Waals surface area contributed by atoms with Crippen molar-refractivity contribution in [1.82, 2.24) is 0 Å². The van der Waals surface area contributed by atoms with Crippen LogP contribution < -0.4 is 0 Å². The van der Waals surface area contributed by atoms with E-state index in [1.165, 1.54) is 70.6 Å². The van der Waals surface area contributed by atoms with Crippen LogP contribution in [0.3, 0.4) is 0 Å². The van der Waals surface area contributed by atoms with Crippen LogP contribution in [0, 0.1) is 23.2 Å². The molecule has 4 saturated carbocycles. The highest BCUT2D eigenvalue weighted by Crippen LogP contribution is 2.60. The van der Waals surface area contributed by atoms with Gasteiger partial charge in [-0.3, -0.25) is 4.79 Å². The molecule has 4 aliphatic carbocycles. The summed E-state index contributed by atoms with van der Waals surface area (Å²) >= 11 is 0. The summed E-state index contributed by atoms with van der Waals surface area (Å²) in [5, 5.41) is 0. The Bertz CT molecular complexity index is 365. The molecule has 2 heteroatoms. The fraction of sp³-hybridized carbons (Fsp3) is 0.955. The molecule has 0 aromatic rings. The molecule has 4 rings (SSSR count). The van der Waals surface area contributed by atoms with Gasteiger partial charge in [-0.15, -0.1) is 0 Å². The van der Waals surface area contributed by atoms with E-state index in [0.29, 0.717) is 6.61 Å². The number of rotatable bonds is 11. The van der Waals surface area contributed by atoms with E-state index in [1.807, 2.05) is 0 Å². The van der Waals surface area contributed by atoms with Crippen LogP contribution in [0.2, 0.25) is 0 Å². The first-order chi connectivity index (χ1) is 11.7. The summed E-state index contributed by atoms with van der Waals surface area (Å²) in [4.78, 5) is 12.7. The fourth-order valence-electron chi connectivity index (χ4n) is 6.09. The van der Waals surface area contributed by atoms with E-state index in [9.17, 15) is 4.79 Å². The molecule has 4 bridgehead atoms. The molecule has 0 atom stereocenters. The molecule has 0 saturated heterocycles. The molecule has 4 aliphatic rings. The topological polar surface area (TPSA) is 26.3 Å². The summed E-state index contributed by atoms with van der Waals surface area (Å²) in [7, 11) is 0. The second kappa shape index (κ2) is 8.72. The molecule has 0 radical (unpaired) electrons. The Morgan fingerprint density at radius 3 is 1.75 bits per heavy atom. The van der Waals surface area contributed by atoms with Crippen LogP contribution >= 0.6 is 0 Å². The van der Waals surface area contributed by atoms with E-state index in [4.69, 9.17) is 4.74 Å². The monoisotopic (exact) mass is 334 g/mol. The zero-order chi connectivity index (χ0) is 16.8. The van der Waals surface area contributed by atoms with Gasteiger partial charge in [-0.2, -0.15) is 0 Å². The predicted octanol–water partition coefficient (Wildman–Crippen LogP) is 6.28. The van der Waals surface area contributed by atoms with E-state index in [1.54, 1.807) is 0 Å². The van der Waals surface area contributed by atoms with Gasteiger partial charge in [0.05, 0.1) is 12.0 Å². The predicted molar refractivity (Wildman–Crippen MR) is 98.8 cm³/mol. The molecule has 0 aliphatic heterocycles. The van der Waals surface area contributed by atoms with Crippen molar-refractivity contribution >= 4 is 5.97 Å². The zero-order valence-electron chi connectivity index (χ0n) is 15.9. The third kappa shape index (κ3) is 4.55. The van der Waals surface area contributed by atoms with E-state index < -0.39 is 0 Å². The molecular formula is C22H38O2. The molecule has 138 valence electrons. The number of carbonyl (C=O) groups is 1. The minimum atomic E-state index is -0.0615. The lowest BCUT2D eigenvalue weighted by atomic mass is 9.49. The van der Waals surface area contributed by atoms with Crippen molar-refractivity contribution in [2.75, 3.05) is 6.61 Å². The SMILES string of the molecule is CCCCCCCCCCCOC(=O)C12CC3CC(CC(C3)C1)C2. The Balaban J connectivity index is 1.26. The second-order valence-corrected chi connectivity index (χ2v) is 9.16. The lowest BCUT2D eigenvalue weighted by Gasteiger charge is -2.55. The van der Waals surface area contributed by atoms with Gasteiger partial charge in [0.25, 0.3) is 0 Å².